The number of nitrogens with two attached hydrogens (primary N) is 1. The van der Waals surface area contributed by atoms with Crippen LogP contribution in [0.1, 0.15) is 11.3 Å². The van der Waals surface area contributed by atoms with Crippen molar-refractivity contribution in [1.29, 1.82) is 0 Å². The largest absolute Gasteiger partial charge is 0.438 e. The van der Waals surface area contributed by atoms with Gasteiger partial charge in [0.1, 0.15) is 5.75 Å². The van der Waals surface area contributed by atoms with Gasteiger partial charge in [0.05, 0.1) is 4.47 Å². The number of aromatic nitrogens is 1. The molecule has 1 aromatic carbocycles. The molecule has 0 atom stereocenters. The monoisotopic (exact) mass is 326 g/mol. The topological polar surface area (TPSA) is 48.1 Å². The van der Waals surface area contributed by atoms with Crippen molar-refractivity contribution in [3.8, 4) is 11.6 Å². The van der Waals surface area contributed by atoms with Crippen LogP contribution >= 0.6 is 27.5 Å². The molecule has 0 aliphatic heterocycles. The van der Waals surface area contributed by atoms with Crippen molar-refractivity contribution in [2.75, 3.05) is 0 Å². The fourth-order valence-corrected chi connectivity index (χ4v) is 2.27. The van der Waals surface area contributed by atoms with Crippen molar-refractivity contribution in [2.45, 2.75) is 13.5 Å². The lowest BCUT2D eigenvalue weighted by molar-refractivity contribution is 0.458. The number of benzene rings is 1. The second kappa shape index (κ2) is 5.69. The molecule has 0 saturated heterocycles. The van der Waals surface area contributed by atoms with E-state index in [1.807, 2.05) is 13.0 Å². The molecule has 5 heteroatoms. The normalized spacial score (nSPS) is 10.4. The van der Waals surface area contributed by atoms with E-state index < -0.39 is 0 Å². The third kappa shape index (κ3) is 3.02. The van der Waals surface area contributed by atoms with E-state index in [9.17, 15) is 0 Å². The molecule has 0 saturated carbocycles. The molecule has 0 bridgehead atoms. The average molecular weight is 328 g/mol. The second-order valence-corrected chi connectivity index (χ2v) is 5.07. The summed E-state index contributed by atoms with van der Waals surface area (Å²) in [4.78, 5) is 4.35. The van der Waals surface area contributed by atoms with Gasteiger partial charge in [-0.05, 0) is 46.6 Å². The summed E-state index contributed by atoms with van der Waals surface area (Å²) in [5.41, 5.74) is 7.48. The fraction of sp³-hybridized carbons (Fsp3) is 0.154. The van der Waals surface area contributed by atoms with Crippen LogP contribution in [0.3, 0.4) is 0 Å². The van der Waals surface area contributed by atoms with Crippen molar-refractivity contribution in [3.63, 3.8) is 0 Å². The third-order valence-corrected chi connectivity index (χ3v) is 3.35. The van der Waals surface area contributed by atoms with E-state index in [2.05, 4.69) is 20.9 Å². The molecule has 0 aliphatic rings. The molecule has 0 radical (unpaired) electrons. The average Bonchev–Trinajstić information content (AvgIpc) is 2.33. The molecule has 2 N–H and O–H groups in total. The van der Waals surface area contributed by atoms with Crippen molar-refractivity contribution in [2.24, 2.45) is 5.73 Å². The van der Waals surface area contributed by atoms with Gasteiger partial charge in [-0.2, -0.15) is 0 Å². The lowest BCUT2D eigenvalue weighted by atomic mass is 10.2. The molecule has 18 heavy (non-hydrogen) atoms. The van der Waals surface area contributed by atoms with E-state index in [1.54, 1.807) is 24.3 Å². The van der Waals surface area contributed by atoms with E-state index in [0.717, 1.165) is 15.7 Å². The van der Waals surface area contributed by atoms with Crippen LogP contribution in [0.15, 0.2) is 34.8 Å². The fourth-order valence-electron chi connectivity index (χ4n) is 1.51. The number of aryl methyl sites for hydroxylation is 1. The van der Waals surface area contributed by atoms with Crippen LogP contribution in [-0.4, -0.2) is 4.98 Å². The maximum atomic E-state index is 5.87. The van der Waals surface area contributed by atoms with Gasteiger partial charge in [0.25, 0.3) is 0 Å². The van der Waals surface area contributed by atoms with E-state index in [-0.39, 0.29) is 0 Å². The second-order valence-electron chi connectivity index (χ2n) is 3.77. The van der Waals surface area contributed by atoms with Gasteiger partial charge in [0.15, 0.2) is 0 Å². The number of pyridine rings is 1. The first-order valence-corrected chi connectivity index (χ1v) is 6.56. The highest BCUT2D eigenvalue weighted by Crippen LogP contribution is 2.31. The Bertz CT molecular complexity index is 575. The van der Waals surface area contributed by atoms with E-state index in [4.69, 9.17) is 22.1 Å². The third-order valence-electron chi connectivity index (χ3n) is 2.50. The Labute approximate surface area is 119 Å². The first-order valence-electron chi connectivity index (χ1n) is 5.39. The van der Waals surface area contributed by atoms with E-state index in [1.165, 1.54) is 0 Å². The number of rotatable bonds is 3. The molecular weight excluding hydrogens is 316 g/mol. The first-order chi connectivity index (χ1) is 8.60. The highest BCUT2D eigenvalue weighted by molar-refractivity contribution is 9.10. The molecule has 0 unspecified atom stereocenters. The van der Waals surface area contributed by atoms with Crippen LogP contribution in [0.5, 0.6) is 11.6 Å². The zero-order chi connectivity index (χ0) is 13.1. The smallest absolute Gasteiger partial charge is 0.219 e. The van der Waals surface area contributed by atoms with E-state index in [0.29, 0.717) is 23.2 Å². The molecular formula is C13H12BrClN2O. The molecule has 0 fully saturated rings. The minimum absolute atomic E-state index is 0.476. The number of halogens is 2. The van der Waals surface area contributed by atoms with Crippen LogP contribution in [0.4, 0.5) is 0 Å². The first kappa shape index (κ1) is 13.3. The summed E-state index contributed by atoms with van der Waals surface area (Å²) >= 11 is 9.26. The van der Waals surface area contributed by atoms with Gasteiger partial charge >= 0.3 is 0 Å². The maximum Gasteiger partial charge on any atom is 0.219 e. The summed E-state index contributed by atoms with van der Waals surface area (Å²) in [7, 11) is 0. The van der Waals surface area contributed by atoms with Crippen LogP contribution in [-0.2, 0) is 6.54 Å². The minimum atomic E-state index is 0.476. The lowest BCUT2D eigenvalue weighted by Gasteiger charge is -2.09. The summed E-state index contributed by atoms with van der Waals surface area (Å²) in [6.07, 6.45) is 0. The standard InChI is InChI=1S/C13H12BrClN2O/c1-8-9(7-16)2-5-13(17-8)18-12-4-3-10(15)6-11(12)14/h2-6H,7,16H2,1H3. The Morgan fingerprint density at radius 1 is 1.33 bits per heavy atom. The Hall–Kier alpha value is -1.10. The Kier molecular flexibility index (Phi) is 4.22. The molecule has 2 aromatic rings. The molecule has 0 aliphatic carbocycles. The summed E-state index contributed by atoms with van der Waals surface area (Å²) in [5.74, 6) is 1.21. The van der Waals surface area contributed by atoms with Crippen LogP contribution in [0.25, 0.3) is 0 Å². The zero-order valence-corrected chi connectivity index (χ0v) is 12.1. The SMILES string of the molecule is Cc1nc(Oc2ccc(Cl)cc2Br)ccc1CN. The highest BCUT2D eigenvalue weighted by atomic mass is 79.9. The summed E-state index contributed by atoms with van der Waals surface area (Å²) < 4.78 is 6.48. The molecule has 94 valence electrons. The lowest BCUT2D eigenvalue weighted by Crippen LogP contribution is -2.01. The summed E-state index contributed by atoms with van der Waals surface area (Å²) in [6.45, 7) is 2.38. The molecule has 3 nitrogen and oxygen atoms in total. The van der Waals surface area contributed by atoms with Gasteiger partial charge < -0.3 is 10.5 Å². The van der Waals surface area contributed by atoms with Gasteiger partial charge in [0.2, 0.25) is 5.88 Å². The number of ether oxygens (including phenoxy) is 1. The predicted octanol–water partition coefficient (Wildman–Crippen LogP) is 4.06. The maximum absolute atomic E-state index is 5.87. The quantitative estimate of drug-likeness (QED) is 0.925. The Morgan fingerprint density at radius 2 is 2.11 bits per heavy atom. The molecule has 1 aromatic heterocycles. The number of hydrogen-bond donors (Lipinski definition) is 1. The van der Waals surface area contributed by atoms with Crippen molar-refractivity contribution in [1.82, 2.24) is 4.98 Å². The zero-order valence-electron chi connectivity index (χ0n) is 9.78. The number of nitrogens with zero attached hydrogens (tertiary/aromatic N) is 1. The molecule has 0 spiro atoms. The predicted molar refractivity (Wildman–Crippen MR) is 76.1 cm³/mol. The number of hydrogen-bond acceptors (Lipinski definition) is 3. The highest BCUT2D eigenvalue weighted by Gasteiger charge is 2.06. The van der Waals surface area contributed by atoms with Crippen LogP contribution in [0, 0.1) is 6.92 Å². The Balaban J connectivity index is 2.26. The summed E-state index contributed by atoms with van der Waals surface area (Å²) in [5, 5.41) is 0.650. The van der Waals surface area contributed by atoms with Crippen LogP contribution in [0.2, 0.25) is 5.02 Å². The molecule has 2 rings (SSSR count). The van der Waals surface area contributed by atoms with Gasteiger partial charge in [-0.3, -0.25) is 0 Å². The Morgan fingerprint density at radius 3 is 2.72 bits per heavy atom. The minimum Gasteiger partial charge on any atom is -0.438 e. The molecule has 1 heterocycles. The summed E-state index contributed by atoms with van der Waals surface area (Å²) in [6, 6.07) is 9.05. The van der Waals surface area contributed by atoms with E-state index >= 15 is 0 Å². The molecule has 0 amide bonds. The van der Waals surface area contributed by atoms with Crippen molar-refractivity contribution >= 4 is 27.5 Å². The van der Waals surface area contributed by atoms with Gasteiger partial charge in [-0.15, -0.1) is 0 Å². The van der Waals surface area contributed by atoms with Crippen LogP contribution < -0.4 is 10.5 Å². The van der Waals surface area contributed by atoms with Crippen molar-refractivity contribution in [3.05, 3.63) is 51.1 Å². The van der Waals surface area contributed by atoms with Gasteiger partial charge in [-0.1, -0.05) is 17.7 Å². The van der Waals surface area contributed by atoms with Crippen molar-refractivity contribution < 1.29 is 4.74 Å². The van der Waals surface area contributed by atoms with Gasteiger partial charge in [0, 0.05) is 23.3 Å². The van der Waals surface area contributed by atoms with Gasteiger partial charge in [-0.25, -0.2) is 4.98 Å².